The van der Waals surface area contributed by atoms with Gasteiger partial charge in [0.05, 0.1) is 17.7 Å². The Morgan fingerprint density at radius 3 is 2.23 bits per heavy atom. The van der Waals surface area contributed by atoms with E-state index in [-0.39, 0.29) is 16.9 Å². The van der Waals surface area contributed by atoms with Crippen LogP contribution in [0.1, 0.15) is 32.1 Å². The Bertz CT molecular complexity index is 866. The Labute approximate surface area is 152 Å². The van der Waals surface area contributed by atoms with Gasteiger partial charge in [0.15, 0.2) is 0 Å². The van der Waals surface area contributed by atoms with Crippen LogP contribution in [-0.2, 0) is 31.6 Å². The third-order valence-corrected chi connectivity index (χ3v) is 4.80. The summed E-state index contributed by atoms with van der Waals surface area (Å²) in [6, 6.07) is 9.54. The van der Waals surface area contributed by atoms with Crippen molar-refractivity contribution in [1.82, 2.24) is 15.6 Å². The van der Waals surface area contributed by atoms with Crippen molar-refractivity contribution < 1.29 is 22.4 Å². The fraction of sp³-hybridized carbons (Fsp3) is 0.294. The molecule has 2 amide bonds. The molecule has 1 heterocycles. The number of carbonyl (C=O) groups is 2. The molecule has 3 N–H and O–H groups in total. The van der Waals surface area contributed by atoms with Crippen LogP contribution in [0.4, 0.5) is 0 Å². The standard InChI is InChI=1S/C17H21N3O5S/c1-17(2,3)12-6-8-14(9-7-12)26(23,24)20-19-16(22)15(21)18-11-13-5-4-10-25-13/h4-10,20H,11H2,1-3H3,(H,18,21)(H,19,22). The molecule has 0 saturated carbocycles. The number of furan rings is 1. The molecule has 0 unspecified atom stereocenters. The number of benzene rings is 1. The molecule has 140 valence electrons. The lowest BCUT2D eigenvalue weighted by atomic mass is 9.87. The van der Waals surface area contributed by atoms with Crippen molar-refractivity contribution in [3.8, 4) is 0 Å². The van der Waals surface area contributed by atoms with Gasteiger partial charge < -0.3 is 9.73 Å². The van der Waals surface area contributed by atoms with Crippen LogP contribution < -0.4 is 15.6 Å². The van der Waals surface area contributed by atoms with Crippen LogP contribution in [-0.4, -0.2) is 20.2 Å². The van der Waals surface area contributed by atoms with Gasteiger partial charge in [0, 0.05) is 0 Å². The summed E-state index contributed by atoms with van der Waals surface area (Å²) in [5.41, 5.74) is 2.73. The first-order valence-electron chi connectivity index (χ1n) is 7.82. The Balaban J connectivity index is 1.92. The smallest absolute Gasteiger partial charge is 0.324 e. The first-order valence-corrected chi connectivity index (χ1v) is 9.31. The van der Waals surface area contributed by atoms with Crippen LogP contribution in [0.15, 0.2) is 52.0 Å². The molecule has 2 aromatic rings. The summed E-state index contributed by atoms with van der Waals surface area (Å²) in [6.45, 7) is 6.04. The zero-order valence-electron chi connectivity index (χ0n) is 14.7. The van der Waals surface area contributed by atoms with E-state index in [1.165, 1.54) is 18.4 Å². The topological polar surface area (TPSA) is 118 Å². The number of hydrogen-bond donors (Lipinski definition) is 3. The highest BCUT2D eigenvalue weighted by molar-refractivity contribution is 7.89. The van der Waals surface area contributed by atoms with Gasteiger partial charge in [-0.1, -0.05) is 32.9 Å². The first-order chi connectivity index (χ1) is 12.1. The summed E-state index contributed by atoms with van der Waals surface area (Å²) >= 11 is 0. The number of hydrogen-bond acceptors (Lipinski definition) is 5. The van der Waals surface area contributed by atoms with Crippen LogP contribution >= 0.6 is 0 Å². The predicted octanol–water partition coefficient (Wildman–Crippen LogP) is 1.20. The quantitative estimate of drug-likeness (QED) is 0.533. The molecule has 8 nitrogen and oxygen atoms in total. The molecule has 1 aromatic heterocycles. The molecule has 2 rings (SSSR count). The molecule has 0 aliphatic heterocycles. The average molecular weight is 379 g/mol. The van der Waals surface area contributed by atoms with E-state index >= 15 is 0 Å². The lowest BCUT2D eigenvalue weighted by Gasteiger charge is -2.19. The van der Waals surface area contributed by atoms with E-state index in [0.29, 0.717) is 5.76 Å². The number of hydrazine groups is 1. The van der Waals surface area contributed by atoms with E-state index in [2.05, 4.69) is 5.32 Å². The fourth-order valence-electron chi connectivity index (χ4n) is 2.02. The summed E-state index contributed by atoms with van der Waals surface area (Å²) in [7, 11) is -3.99. The maximum Gasteiger partial charge on any atom is 0.324 e. The van der Waals surface area contributed by atoms with Crippen LogP contribution in [0.5, 0.6) is 0 Å². The SMILES string of the molecule is CC(C)(C)c1ccc(S(=O)(=O)NNC(=O)C(=O)NCc2ccco2)cc1. The summed E-state index contributed by atoms with van der Waals surface area (Å²) in [6.07, 6.45) is 1.43. The highest BCUT2D eigenvalue weighted by atomic mass is 32.2. The Hall–Kier alpha value is -2.65. The molecule has 1 aromatic carbocycles. The second-order valence-corrected chi connectivity index (χ2v) is 8.28. The molecule has 0 spiro atoms. The Morgan fingerprint density at radius 2 is 1.69 bits per heavy atom. The largest absolute Gasteiger partial charge is 0.467 e. The highest BCUT2D eigenvalue weighted by Crippen LogP contribution is 2.23. The summed E-state index contributed by atoms with van der Waals surface area (Å²) in [5, 5.41) is 2.31. The number of nitrogens with one attached hydrogen (secondary N) is 3. The number of sulfonamides is 1. The van der Waals surface area contributed by atoms with Crippen LogP contribution in [0.25, 0.3) is 0 Å². The molecular weight excluding hydrogens is 358 g/mol. The number of amides is 2. The van der Waals surface area contributed by atoms with E-state index in [0.717, 1.165) is 5.56 Å². The molecule has 0 bridgehead atoms. The summed E-state index contributed by atoms with van der Waals surface area (Å²) < 4.78 is 29.4. The highest BCUT2D eigenvalue weighted by Gasteiger charge is 2.20. The van der Waals surface area contributed by atoms with Crippen molar-refractivity contribution in [2.24, 2.45) is 0 Å². The summed E-state index contributed by atoms with van der Waals surface area (Å²) in [4.78, 5) is 25.2. The van der Waals surface area contributed by atoms with Gasteiger partial charge in [0.2, 0.25) is 0 Å². The third-order valence-electron chi connectivity index (χ3n) is 3.54. The van der Waals surface area contributed by atoms with Gasteiger partial charge in [-0.3, -0.25) is 15.0 Å². The van der Waals surface area contributed by atoms with Crippen molar-refractivity contribution in [3.05, 3.63) is 54.0 Å². The van der Waals surface area contributed by atoms with Gasteiger partial charge in [-0.05, 0) is 35.2 Å². The fourth-order valence-corrected chi connectivity index (χ4v) is 2.86. The van der Waals surface area contributed by atoms with Gasteiger partial charge in [0.1, 0.15) is 5.76 Å². The van der Waals surface area contributed by atoms with E-state index in [9.17, 15) is 18.0 Å². The molecule has 0 fully saturated rings. The van der Waals surface area contributed by atoms with Crippen molar-refractivity contribution >= 4 is 21.8 Å². The third kappa shape index (κ3) is 5.17. The molecule has 9 heteroatoms. The van der Waals surface area contributed by atoms with E-state index in [1.54, 1.807) is 24.3 Å². The second-order valence-electron chi connectivity index (χ2n) is 6.60. The molecule has 26 heavy (non-hydrogen) atoms. The monoisotopic (exact) mass is 379 g/mol. The number of rotatable bonds is 5. The molecule has 0 aliphatic carbocycles. The van der Waals surface area contributed by atoms with Crippen molar-refractivity contribution in [2.75, 3.05) is 0 Å². The van der Waals surface area contributed by atoms with Gasteiger partial charge in [0.25, 0.3) is 10.0 Å². The van der Waals surface area contributed by atoms with Crippen LogP contribution in [0, 0.1) is 0 Å². The minimum absolute atomic E-state index is 0.0142. The summed E-state index contributed by atoms with van der Waals surface area (Å²) in [5.74, 6) is -1.66. The minimum atomic E-state index is -3.99. The molecule has 0 atom stereocenters. The number of carbonyl (C=O) groups excluding carboxylic acids is 2. The Kier molecular flexibility index (Phi) is 5.83. The predicted molar refractivity (Wildman–Crippen MR) is 94.2 cm³/mol. The van der Waals surface area contributed by atoms with Gasteiger partial charge in [-0.2, -0.15) is 0 Å². The molecule has 0 aliphatic rings. The van der Waals surface area contributed by atoms with Gasteiger partial charge >= 0.3 is 11.8 Å². The normalized spacial score (nSPS) is 11.8. The molecule has 0 saturated heterocycles. The zero-order chi connectivity index (χ0) is 19.4. The second kappa shape index (κ2) is 7.71. The lowest BCUT2D eigenvalue weighted by Crippen LogP contribution is -2.48. The Morgan fingerprint density at radius 1 is 1.04 bits per heavy atom. The average Bonchev–Trinajstić information content (AvgIpc) is 3.10. The van der Waals surface area contributed by atoms with Crippen molar-refractivity contribution in [2.45, 2.75) is 37.6 Å². The van der Waals surface area contributed by atoms with Crippen LogP contribution in [0.2, 0.25) is 0 Å². The maximum atomic E-state index is 12.2. The van der Waals surface area contributed by atoms with Crippen molar-refractivity contribution in [1.29, 1.82) is 0 Å². The lowest BCUT2D eigenvalue weighted by molar-refractivity contribution is -0.139. The first kappa shape index (κ1) is 19.7. The van der Waals surface area contributed by atoms with E-state index in [1.807, 2.05) is 31.0 Å². The van der Waals surface area contributed by atoms with Crippen molar-refractivity contribution in [3.63, 3.8) is 0 Å². The van der Waals surface area contributed by atoms with E-state index in [4.69, 9.17) is 4.42 Å². The van der Waals surface area contributed by atoms with Crippen LogP contribution in [0.3, 0.4) is 0 Å². The molecular formula is C17H21N3O5S. The van der Waals surface area contributed by atoms with E-state index < -0.39 is 21.8 Å². The molecule has 0 radical (unpaired) electrons. The van der Waals surface area contributed by atoms with Gasteiger partial charge in [-0.15, -0.1) is 4.83 Å². The van der Waals surface area contributed by atoms with Gasteiger partial charge in [-0.25, -0.2) is 8.42 Å². The minimum Gasteiger partial charge on any atom is -0.467 e. The maximum absolute atomic E-state index is 12.2. The zero-order valence-corrected chi connectivity index (χ0v) is 15.5.